The molecule has 0 bridgehead atoms. The summed E-state index contributed by atoms with van der Waals surface area (Å²) in [6, 6.07) is 0.479. The highest BCUT2D eigenvalue weighted by molar-refractivity contribution is 5.35. The first kappa shape index (κ1) is 11.9. The average Bonchev–Trinajstić information content (AvgIpc) is 2.76. The molecule has 0 amide bonds. The Hall–Kier alpha value is -1.16. The molecule has 1 aliphatic carbocycles. The van der Waals surface area contributed by atoms with Gasteiger partial charge in [-0.3, -0.25) is 0 Å². The summed E-state index contributed by atoms with van der Waals surface area (Å²) in [6.45, 7) is 7.49. The van der Waals surface area contributed by atoms with Crippen molar-refractivity contribution < 1.29 is 4.74 Å². The lowest BCUT2D eigenvalue weighted by Crippen LogP contribution is -2.66. The molecule has 1 saturated carbocycles. The van der Waals surface area contributed by atoms with E-state index in [0.29, 0.717) is 18.1 Å². The summed E-state index contributed by atoms with van der Waals surface area (Å²) in [5, 5.41) is 0. The van der Waals surface area contributed by atoms with Gasteiger partial charge in [0, 0.05) is 43.4 Å². The second-order valence-corrected chi connectivity index (χ2v) is 6.18. The number of ether oxygens (including phenoxy) is 1. The van der Waals surface area contributed by atoms with Crippen LogP contribution >= 0.6 is 0 Å². The van der Waals surface area contributed by atoms with Gasteiger partial charge >= 0.3 is 0 Å². The van der Waals surface area contributed by atoms with Crippen LogP contribution in [0.1, 0.15) is 25.8 Å². The smallest absolute Gasteiger partial charge is 0.225 e. The van der Waals surface area contributed by atoms with Crippen molar-refractivity contribution in [1.82, 2.24) is 9.97 Å². The number of rotatable bonds is 2. The topological polar surface area (TPSA) is 38.2 Å². The maximum atomic E-state index is 5.84. The molecule has 3 rings (SSSR count). The van der Waals surface area contributed by atoms with Crippen molar-refractivity contribution in [2.45, 2.75) is 39.3 Å². The van der Waals surface area contributed by atoms with Gasteiger partial charge in [0.05, 0.1) is 6.10 Å². The summed E-state index contributed by atoms with van der Waals surface area (Å²) in [5.74, 6) is 1.46. The third-order valence-electron chi connectivity index (χ3n) is 4.54. The Morgan fingerprint density at radius 1 is 1.33 bits per heavy atom. The number of hydrogen-bond acceptors (Lipinski definition) is 4. The molecule has 4 nitrogen and oxygen atoms in total. The third kappa shape index (κ3) is 1.55. The highest BCUT2D eigenvalue weighted by Crippen LogP contribution is 2.54. The molecule has 98 valence electrons. The highest BCUT2D eigenvalue weighted by Gasteiger charge is 2.61. The van der Waals surface area contributed by atoms with Crippen molar-refractivity contribution in [3.8, 4) is 0 Å². The van der Waals surface area contributed by atoms with Gasteiger partial charge < -0.3 is 9.64 Å². The van der Waals surface area contributed by atoms with Gasteiger partial charge in [-0.1, -0.05) is 13.8 Å². The van der Waals surface area contributed by atoms with Gasteiger partial charge in [-0.25, -0.2) is 9.97 Å². The molecule has 1 saturated heterocycles. The molecule has 3 atom stereocenters. The second kappa shape index (κ2) is 3.92. The lowest BCUT2D eigenvalue weighted by atomic mass is 9.57. The minimum Gasteiger partial charge on any atom is -0.377 e. The van der Waals surface area contributed by atoms with Crippen LogP contribution in [0.4, 0.5) is 5.95 Å². The fraction of sp³-hybridized carbons (Fsp3) is 0.714. The van der Waals surface area contributed by atoms with E-state index < -0.39 is 0 Å². The molecule has 3 unspecified atom stereocenters. The first-order valence-corrected chi connectivity index (χ1v) is 6.65. The molecule has 0 N–H and O–H groups in total. The van der Waals surface area contributed by atoms with Crippen molar-refractivity contribution in [3.63, 3.8) is 0 Å². The van der Waals surface area contributed by atoms with Crippen LogP contribution in [0.3, 0.4) is 0 Å². The Morgan fingerprint density at radius 2 is 2.00 bits per heavy atom. The molecule has 0 spiro atoms. The largest absolute Gasteiger partial charge is 0.377 e. The summed E-state index contributed by atoms with van der Waals surface area (Å²) in [6.07, 6.45) is 5.34. The van der Waals surface area contributed by atoms with E-state index in [-0.39, 0.29) is 5.41 Å². The number of anilines is 1. The predicted molar refractivity (Wildman–Crippen MR) is 70.6 cm³/mol. The Labute approximate surface area is 108 Å². The van der Waals surface area contributed by atoms with Crippen LogP contribution in [0.2, 0.25) is 0 Å². The molecule has 2 heterocycles. The van der Waals surface area contributed by atoms with Gasteiger partial charge in [0.15, 0.2) is 0 Å². The summed E-state index contributed by atoms with van der Waals surface area (Å²) < 4.78 is 5.84. The quantitative estimate of drug-likeness (QED) is 0.801. The van der Waals surface area contributed by atoms with Crippen LogP contribution in [-0.4, -0.2) is 35.8 Å². The molecule has 4 heteroatoms. The molecule has 1 aliphatic heterocycles. The Kier molecular flexibility index (Phi) is 2.59. The summed E-state index contributed by atoms with van der Waals surface area (Å²) in [7, 11) is 2.10. The summed E-state index contributed by atoms with van der Waals surface area (Å²) >= 11 is 0. The van der Waals surface area contributed by atoms with E-state index in [2.05, 4.69) is 35.8 Å². The second-order valence-electron chi connectivity index (χ2n) is 6.18. The molecular weight excluding hydrogens is 226 g/mol. The van der Waals surface area contributed by atoms with Crippen LogP contribution in [-0.2, 0) is 4.74 Å². The Balaban J connectivity index is 1.84. The molecule has 1 aromatic rings. The van der Waals surface area contributed by atoms with Crippen LogP contribution < -0.4 is 4.90 Å². The van der Waals surface area contributed by atoms with Gasteiger partial charge in [0.25, 0.3) is 0 Å². The molecular formula is C14H21N3O. The van der Waals surface area contributed by atoms with Gasteiger partial charge in [-0.2, -0.15) is 0 Å². The molecule has 1 aromatic heterocycles. The lowest BCUT2D eigenvalue weighted by Gasteiger charge is -2.57. The summed E-state index contributed by atoms with van der Waals surface area (Å²) in [5.41, 5.74) is 1.28. The first-order valence-electron chi connectivity index (χ1n) is 6.65. The third-order valence-corrected chi connectivity index (χ3v) is 4.54. The molecule has 18 heavy (non-hydrogen) atoms. The van der Waals surface area contributed by atoms with E-state index in [0.717, 1.165) is 24.5 Å². The first-order chi connectivity index (χ1) is 8.51. The number of aromatic nitrogens is 2. The van der Waals surface area contributed by atoms with E-state index >= 15 is 0 Å². The van der Waals surface area contributed by atoms with Crippen LogP contribution in [0.25, 0.3) is 0 Å². The SMILES string of the molecule is Cc1cnc(N(C)C2C3CCOC3C2(C)C)nc1. The Bertz CT molecular complexity index is 443. The van der Waals surface area contributed by atoms with Crippen LogP contribution in [0, 0.1) is 18.3 Å². The molecule has 0 radical (unpaired) electrons. The zero-order valence-corrected chi connectivity index (χ0v) is 11.6. The summed E-state index contributed by atoms with van der Waals surface area (Å²) in [4.78, 5) is 11.1. The van der Waals surface area contributed by atoms with Crippen molar-refractivity contribution in [1.29, 1.82) is 0 Å². The lowest BCUT2D eigenvalue weighted by molar-refractivity contribution is -0.101. The molecule has 2 aliphatic rings. The van der Waals surface area contributed by atoms with E-state index in [1.165, 1.54) is 0 Å². The standard InChI is InChI=1S/C14H21N3O/c1-9-7-15-13(16-8-9)17(4)11-10-5-6-18-12(10)14(11,2)3/h7-8,10-12H,5-6H2,1-4H3. The molecule has 0 aromatic carbocycles. The van der Waals surface area contributed by atoms with E-state index in [1.807, 2.05) is 19.3 Å². The minimum atomic E-state index is 0.185. The molecule has 2 fully saturated rings. The zero-order valence-electron chi connectivity index (χ0n) is 11.6. The van der Waals surface area contributed by atoms with Crippen molar-refractivity contribution in [3.05, 3.63) is 18.0 Å². The van der Waals surface area contributed by atoms with Crippen molar-refractivity contribution >= 4 is 5.95 Å². The van der Waals surface area contributed by atoms with Crippen molar-refractivity contribution in [2.24, 2.45) is 11.3 Å². The maximum Gasteiger partial charge on any atom is 0.225 e. The van der Waals surface area contributed by atoms with Crippen LogP contribution in [0.15, 0.2) is 12.4 Å². The fourth-order valence-corrected chi connectivity index (χ4v) is 3.78. The number of hydrogen-bond donors (Lipinski definition) is 0. The predicted octanol–water partition coefficient (Wildman–Crippen LogP) is 2.03. The minimum absolute atomic E-state index is 0.185. The monoisotopic (exact) mass is 247 g/mol. The normalized spacial score (nSPS) is 32.8. The van der Waals surface area contributed by atoms with Gasteiger partial charge in [-0.05, 0) is 18.9 Å². The van der Waals surface area contributed by atoms with Gasteiger partial charge in [-0.15, -0.1) is 0 Å². The zero-order chi connectivity index (χ0) is 12.9. The van der Waals surface area contributed by atoms with E-state index in [1.54, 1.807) is 0 Å². The highest BCUT2D eigenvalue weighted by atomic mass is 16.5. The van der Waals surface area contributed by atoms with Crippen LogP contribution in [0.5, 0.6) is 0 Å². The average molecular weight is 247 g/mol. The number of aryl methyl sites for hydroxylation is 1. The van der Waals surface area contributed by atoms with Gasteiger partial charge in [0.1, 0.15) is 0 Å². The van der Waals surface area contributed by atoms with E-state index in [4.69, 9.17) is 4.74 Å². The van der Waals surface area contributed by atoms with Crippen molar-refractivity contribution in [2.75, 3.05) is 18.6 Å². The van der Waals surface area contributed by atoms with E-state index in [9.17, 15) is 0 Å². The maximum absolute atomic E-state index is 5.84. The number of fused-ring (bicyclic) bond motifs is 1. The fourth-order valence-electron chi connectivity index (χ4n) is 3.78. The number of nitrogens with zero attached hydrogens (tertiary/aromatic N) is 3. The Morgan fingerprint density at radius 3 is 2.67 bits per heavy atom. The van der Waals surface area contributed by atoms with Gasteiger partial charge in [0.2, 0.25) is 5.95 Å².